The number of benzene rings is 2. The van der Waals surface area contributed by atoms with Crippen LogP contribution in [0.15, 0.2) is 72.9 Å². The minimum atomic E-state index is -1.01. The molecule has 2 aromatic carbocycles. The molecule has 0 saturated carbocycles. The van der Waals surface area contributed by atoms with Gasteiger partial charge in [-0.3, -0.25) is 4.98 Å². The number of amides is 1. The molecule has 0 saturated heterocycles. The van der Waals surface area contributed by atoms with Crippen LogP contribution in [0.2, 0.25) is 0 Å². The van der Waals surface area contributed by atoms with E-state index in [9.17, 15) is 9.90 Å². The molecule has 3 aromatic rings. The summed E-state index contributed by atoms with van der Waals surface area (Å²) in [5.41, 5.74) is 4.06. The summed E-state index contributed by atoms with van der Waals surface area (Å²) in [5, 5.41) is 13.9. The van der Waals surface area contributed by atoms with Crippen LogP contribution < -0.4 is 5.32 Å². The van der Waals surface area contributed by atoms with Crippen LogP contribution in [0.4, 0.5) is 4.79 Å². The van der Waals surface area contributed by atoms with Gasteiger partial charge in [0.15, 0.2) is 0 Å². The van der Waals surface area contributed by atoms with Crippen molar-refractivity contribution in [1.82, 2.24) is 10.3 Å². The first-order chi connectivity index (χ1) is 16.2. The first kappa shape index (κ1) is 25.4. The number of aliphatic hydroxyl groups is 1. The fourth-order valence-corrected chi connectivity index (χ4v) is 3.54. The molecule has 6 nitrogen and oxygen atoms in total. The van der Waals surface area contributed by atoms with Crippen molar-refractivity contribution in [3.63, 3.8) is 0 Å². The molecule has 0 aliphatic rings. The van der Waals surface area contributed by atoms with E-state index in [-0.39, 0.29) is 6.61 Å². The highest BCUT2D eigenvalue weighted by molar-refractivity contribution is 5.68. The van der Waals surface area contributed by atoms with Crippen LogP contribution >= 0.6 is 0 Å². The first-order valence-corrected chi connectivity index (χ1v) is 11.5. The largest absolute Gasteiger partial charge is 0.444 e. The molecule has 180 valence electrons. The maximum Gasteiger partial charge on any atom is 0.408 e. The molecule has 0 radical (unpaired) electrons. The second-order valence-electron chi connectivity index (χ2n) is 9.39. The van der Waals surface area contributed by atoms with E-state index in [4.69, 9.17) is 9.47 Å². The van der Waals surface area contributed by atoms with Gasteiger partial charge in [0, 0.05) is 23.9 Å². The molecular weight excluding hydrogens is 428 g/mol. The number of nitrogens with zero attached hydrogens (tertiary/aromatic N) is 1. The standard InChI is InChI=1S/C28H34N2O4/c1-20-15-23(17-29-24(20)16-21-11-7-5-8-12-21)26(31)25(30-27(32)34-28(2,3)4)19-33-18-22-13-9-6-10-14-22/h5-15,17,25-26,31H,16,18-19H2,1-4H3,(H,30,32). The van der Waals surface area contributed by atoms with Crippen LogP contribution in [0.3, 0.4) is 0 Å². The number of nitrogens with one attached hydrogen (secondary N) is 1. The lowest BCUT2D eigenvalue weighted by Gasteiger charge is -2.27. The van der Waals surface area contributed by atoms with E-state index in [2.05, 4.69) is 22.4 Å². The fraction of sp³-hybridized carbons (Fsp3) is 0.357. The molecule has 0 spiro atoms. The molecule has 2 atom stereocenters. The third-order valence-corrected chi connectivity index (χ3v) is 5.26. The predicted molar refractivity (Wildman–Crippen MR) is 132 cm³/mol. The van der Waals surface area contributed by atoms with Crippen molar-refractivity contribution in [1.29, 1.82) is 0 Å². The van der Waals surface area contributed by atoms with Crippen molar-refractivity contribution in [3.8, 4) is 0 Å². The predicted octanol–water partition coefficient (Wildman–Crippen LogP) is 5.12. The molecule has 0 bridgehead atoms. The highest BCUT2D eigenvalue weighted by atomic mass is 16.6. The van der Waals surface area contributed by atoms with Crippen molar-refractivity contribution in [2.24, 2.45) is 0 Å². The van der Waals surface area contributed by atoms with Gasteiger partial charge in [0.1, 0.15) is 11.7 Å². The molecule has 2 unspecified atom stereocenters. The van der Waals surface area contributed by atoms with Crippen molar-refractivity contribution in [3.05, 3.63) is 101 Å². The number of aliphatic hydroxyl groups excluding tert-OH is 1. The molecular formula is C28H34N2O4. The smallest absolute Gasteiger partial charge is 0.408 e. The Kier molecular flexibility index (Phi) is 8.79. The zero-order valence-electron chi connectivity index (χ0n) is 20.3. The summed E-state index contributed by atoms with van der Waals surface area (Å²) in [7, 11) is 0. The third-order valence-electron chi connectivity index (χ3n) is 5.26. The average molecular weight is 463 g/mol. The second-order valence-corrected chi connectivity index (χ2v) is 9.39. The highest BCUT2D eigenvalue weighted by Crippen LogP contribution is 2.21. The molecule has 0 aliphatic carbocycles. The first-order valence-electron chi connectivity index (χ1n) is 11.5. The van der Waals surface area contributed by atoms with Crippen LogP contribution in [0, 0.1) is 6.92 Å². The molecule has 1 heterocycles. The summed E-state index contributed by atoms with van der Waals surface area (Å²) in [6.45, 7) is 7.84. The van der Waals surface area contributed by atoms with E-state index in [1.54, 1.807) is 27.0 Å². The van der Waals surface area contributed by atoms with Crippen molar-refractivity contribution >= 4 is 6.09 Å². The van der Waals surface area contributed by atoms with Crippen LogP contribution in [0.25, 0.3) is 0 Å². The Labute approximate surface area is 202 Å². The van der Waals surface area contributed by atoms with Gasteiger partial charge in [0.25, 0.3) is 0 Å². The lowest BCUT2D eigenvalue weighted by molar-refractivity contribution is 0.0189. The minimum Gasteiger partial charge on any atom is -0.444 e. The summed E-state index contributed by atoms with van der Waals surface area (Å²) >= 11 is 0. The number of ether oxygens (including phenoxy) is 2. The topological polar surface area (TPSA) is 80.7 Å². The van der Waals surface area contributed by atoms with Crippen molar-refractivity contribution in [2.75, 3.05) is 6.61 Å². The summed E-state index contributed by atoms with van der Waals surface area (Å²) in [5.74, 6) is 0. The lowest BCUT2D eigenvalue weighted by Crippen LogP contribution is -2.45. The Morgan fingerprint density at radius 3 is 2.24 bits per heavy atom. The van der Waals surface area contributed by atoms with E-state index in [0.29, 0.717) is 18.6 Å². The number of carbonyl (C=O) groups excluding carboxylic acids is 1. The number of aromatic nitrogens is 1. The molecule has 0 aliphatic heterocycles. The monoisotopic (exact) mass is 462 g/mol. The number of pyridine rings is 1. The maximum atomic E-state index is 12.4. The van der Waals surface area contributed by atoms with Crippen LogP contribution in [0.1, 0.15) is 54.8 Å². The Morgan fingerprint density at radius 2 is 1.65 bits per heavy atom. The Morgan fingerprint density at radius 1 is 1.03 bits per heavy atom. The fourth-order valence-electron chi connectivity index (χ4n) is 3.54. The molecule has 2 N–H and O–H groups in total. The van der Waals surface area contributed by atoms with E-state index < -0.39 is 23.8 Å². The van der Waals surface area contributed by atoms with Gasteiger partial charge in [-0.2, -0.15) is 0 Å². The summed E-state index contributed by atoms with van der Waals surface area (Å²) in [6.07, 6.45) is 0.755. The van der Waals surface area contributed by atoms with Crippen LogP contribution in [-0.4, -0.2) is 34.4 Å². The van der Waals surface area contributed by atoms with E-state index in [1.165, 1.54) is 5.56 Å². The quantitative estimate of drug-likeness (QED) is 0.461. The average Bonchev–Trinajstić information content (AvgIpc) is 2.79. The molecule has 1 aromatic heterocycles. The third kappa shape index (κ3) is 7.97. The normalized spacial score (nSPS) is 13.2. The van der Waals surface area contributed by atoms with Gasteiger partial charge < -0.3 is 19.9 Å². The molecule has 6 heteroatoms. The van der Waals surface area contributed by atoms with E-state index in [1.807, 2.05) is 61.5 Å². The zero-order valence-corrected chi connectivity index (χ0v) is 20.3. The van der Waals surface area contributed by atoms with Gasteiger partial charge in [-0.25, -0.2) is 4.79 Å². The summed E-state index contributed by atoms with van der Waals surface area (Å²) in [4.78, 5) is 17.0. The minimum absolute atomic E-state index is 0.111. The SMILES string of the molecule is Cc1cc(C(O)C(COCc2ccccc2)NC(=O)OC(C)(C)C)cnc1Cc1ccccc1. The number of aryl methyl sites for hydroxylation is 1. The Hall–Kier alpha value is -3.22. The van der Waals surface area contributed by atoms with Crippen LogP contribution in [0.5, 0.6) is 0 Å². The number of alkyl carbamates (subject to hydrolysis) is 1. The van der Waals surface area contributed by atoms with Gasteiger partial charge in [-0.15, -0.1) is 0 Å². The Balaban J connectivity index is 1.72. The number of rotatable bonds is 9. The van der Waals surface area contributed by atoms with Crippen LogP contribution in [-0.2, 0) is 22.5 Å². The summed E-state index contributed by atoms with van der Waals surface area (Å²) < 4.78 is 11.2. The number of hydrogen-bond donors (Lipinski definition) is 2. The Bertz CT molecular complexity index is 1050. The second kappa shape index (κ2) is 11.8. The van der Waals surface area contributed by atoms with Gasteiger partial charge in [-0.1, -0.05) is 66.7 Å². The van der Waals surface area contributed by atoms with Gasteiger partial charge >= 0.3 is 6.09 Å². The van der Waals surface area contributed by atoms with Crippen molar-refractivity contribution < 1.29 is 19.4 Å². The molecule has 1 amide bonds. The van der Waals surface area contributed by atoms with Crippen molar-refractivity contribution in [2.45, 2.75) is 58.5 Å². The lowest BCUT2D eigenvalue weighted by atomic mass is 10.00. The number of hydrogen-bond acceptors (Lipinski definition) is 5. The van der Waals surface area contributed by atoms with Gasteiger partial charge in [-0.05, 0) is 44.4 Å². The molecule has 0 fully saturated rings. The summed E-state index contributed by atoms with van der Waals surface area (Å²) in [6, 6.07) is 21.1. The highest BCUT2D eigenvalue weighted by Gasteiger charge is 2.27. The zero-order chi connectivity index (χ0) is 24.6. The number of carbonyl (C=O) groups is 1. The molecule has 3 rings (SSSR count). The van der Waals surface area contributed by atoms with E-state index in [0.717, 1.165) is 16.8 Å². The van der Waals surface area contributed by atoms with Gasteiger partial charge in [0.2, 0.25) is 0 Å². The van der Waals surface area contributed by atoms with E-state index >= 15 is 0 Å². The van der Waals surface area contributed by atoms with Gasteiger partial charge in [0.05, 0.1) is 19.3 Å². The molecule has 34 heavy (non-hydrogen) atoms. The maximum absolute atomic E-state index is 12.4.